The largest absolute Gasteiger partial charge is 0.496 e. The Bertz CT molecular complexity index is 623. The van der Waals surface area contributed by atoms with Crippen molar-refractivity contribution in [3.63, 3.8) is 0 Å². The molecular weight excluding hydrogens is 421 g/mol. The number of carbonyl (C=O) groups excluding carboxylic acids is 1. The van der Waals surface area contributed by atoms with Gasteiger partial charge in [0.15, 0.2) is 5.78 Å². The van der Waals surface area contributed by atoms with Crippen LogP contribution in [-0.2, 0) is 0 Å². The molecule has 0 saturated carbocycles. The lowest BCUT2D eigenvalue weighted by molar-refractivity contribution is 0.103. The Morgan fingerprint density at radius 3 is 2.63 bits per heavy atom. The van der Waals surface area contributed by atoms with Crippen LogP contribution in [0.5, 0.6) is 5.75 Å². The molecule has 19 heavy (non-hydrogen) atoms. The van der Waals surface area contributed by atoms with E-state index in [1.165, 1.54) is 0 Å². The molecule has 0 radical (unpaired) electrons. The van der Waals surface area contributed by atoms with Gasteiger partial charge >= 0.3 is 0 Å². The smallest absolute Gasteiger partial charge is 0.196 e. The van der Waals surface area contributed by atoms with E-state index in [9.17, 15) is 4.79 Å². The highest BCUT2D eigenvalue weighted by atomic mass is 127. The van der Waals surface area contributed by atoms with Gasteiger partial charge in [0.05, 0.1) is 12.7 Å². The molecule has 2 N–H and O–H groups in total. The normalized spacial score (nSPS) is 10.3. The van der Waals surface area contributed by atoms with Crippen molar-refractivity contribution in [2.75, 3.05) is 12.8 Å². The third-order valence-electron chi connectivity index (χ3n) is 2.59. The molecule has 98 valence electrons. The summed E-state index contributed by atoms with van der Waals surface area (Å²) in [5, 5.41) is 0. The average Bonchev–Trinajstić information content (AvgIpc) is 2.36. The van der Waals surface area contributed by atoms with Gasteiger partial charge in [0, 0.05) is 19.3 Å². The second-order valence-corrected chi connectivity index (χ2v) is 6.11. The number of benzene rings is 2. The third-order valence-corrected chi connectivity index (χ3v) is 3.72. The van der Waals surface area contributed by atoms with Gasteiger partial charge in [0.25, 0.3) is 0 Å². The number of ether oxygens (including phenoxy) is 1. The van der Waals surface area contributed by atoms with Crippen LogP contribution in [0, 0.1) is 3.57 Å². The summed E-state index contributed by atoms with van der Waals surface area (Å²) in [5.74, 6) is 0.451. The van der Waals surface area contributed by atoms with Crippen molar-refractivity contribution < 1.29 is 9.53 Å². The number of hydrogen-bond acceptors (Lipinski definition) is 3. The van der Waals surface area contributed by atoms with Crippen molar-refractivity contribution in [2.45, 2.75) is 0 Å². The molecule has 0 heterocycles. The summed E-state index contributed by atoms with van der Waals surface area (Å²) in [6.45, 7) is 0. The van der Waals surface area contributed by atoms with Crippen molar-refractivity contribution in [1.82, 2.24) is 0 Å². The maximum atomic E-state index is 12.5. The van der Waals surface area contributed by atoms with Crippen molar-refractivity contribution in [3.05, 3.63) is 55.6 Å². The fourth-order valence-corrected chi connectivity index (χ4v) is 2.76. The molecule has 0 fully saturated rings. The lowest BCUT2D eigenvalue weighted by Crippen LogP contribution is -2.05. The Morgan fingerprint density at radius 2 is 2.00 bits per heavy atom. The van der Waals surface area contributed by atoms with Crippen molar-refractivity contribution in [1.29, 1.82) is 0 Å². The lowest BCUT2D eigenvalue weighted by Gasteiger charge is -2.09. The first kappa shape index (κ1) is 14.3. The van der Waals surface area contributed by atoms with Crippen LogP contribution in [-0.4, -0.2) is 12.9 Å². The minimum atomic E-state index is -0.108. The molecule has 2 aromatic rings. The zero-order valence-electron chi connectivity index (χ0n) is 10.1. The summed E-state index contributed by atoms with van der Waals surface area (Å²) < 4.78 is 6.99. The van der Waals surface area contributed by atoms with Crippen molar-refractivity contribution in [3.8, 4) is 5.75 Å². The minimum Gasteiger partial charge on any atom is -0.496 e. The summed E-state index contributed by atoms with van der Waals surface area (Å²) in [5.41, 5.74) is 7.37. The van der Waals surface area contributed by atoms with Crippen LogP contribution in [0.1, 0.15) is 15.9 Å². The quantitative estimate of drug-likeness (QED) is 0.456. The van der Waals surface area contributed by atoms with Gasteiger partial charge in [-0.3, -0.25) is 4.79 Å². The zero-order chi connectivity index (χ0) is 14.0. The van der Waals surface area contributed by atoms with E-state index in [4.69, 9.17) is 10.5 Å². The summed E-state index contributed by atoms with van der Waals surface area (Å²) in [7, 11) is 1.55. The zero-order valence-corrected chi connectivity index (χ0v) is 13.9. The number of nitrogen functional groups attached to an aromatic ring is 1. The first-order valence-electron chi connectivity index (χ1n) is 5.45. The van der Waals surface area contributed by atoms with Gasteiger partial charge in [-0.25, -0.2) is 0 Å². The Labute approximate surface area is 133 Å². The second kappa shape index (κ2) is 5.92. The minimum absolute atomic E-state index is 0.108. The van der Waals surface area contributed by atoms with Crippen LogP contribution in [0.25, 0.3) is 0 Å². The Hall–Kier alpha value is -1.08. The van der Waals surface area contributed by atoms with E-state index < -0.39 is 0 Å². The standard InChI is InChI=1S/C14H11BrINO2/c1-19-13-3-2-10(16)7-12(13)14(18)8-4-9(15)6-11(17)5-8/h2-7H,17H2,1H3. The molecular formula is C14H11BrINO2. The molecule has 3 nitrogen and oxygen atoms in total. The number of methoxy groups -OCH3 is 1. The number of halogens is 2. The predicted molar refractivity (Wildman–Crippen MR) is 87.7 cm³/mol. The molecule has 0 spiro atoms. The molecule has 2 aromatic carbocycles. The van der Waals surface area contributed by atoms with Gasteiger partial charge in [-0.1, -0.05) is 15.9 Å². The number of anilines is 1. The molecule has 0 aliphatic rings. The maximum Gasteiger partial charge on any atom is 0.196 e. The van der Waals surface area contributed by atoms with Crippen molar-refractivity contribution in [2.24, 2.45) is 0 Å². The summed E-state index contributed by atoms with van der Waals surface area (Å²) in [6, 6.07) is 10.6. The van der Waals surface area contributed by atoms with Crippen LogP contribution < -0.4 is 10.5 Å². The Kier molecular flexibility index (Phi) is 4.46. The number of nitrogens with two attached hydrogens (primary N) is 1. The van der Waals surface area contributed by atoms with Crippen molar-refractivity contribution >= 4 is 50.0 Å². The fourth-order valence-electron chi connectivity index (χ4n) is 1.76. The van der Waals surface area contributed by atoms with Gasteiger partial charge in [0.1, 0.15) is 5.75 Å². The van der Waals surface area contributed by atoms with E-state index in [0.29, 0.717) is 22.6 Å². The van der Waals surface area contributed by atoms with Crippen LogP contribution in [0.3, 0.4) is 0 Å². The van der Waals surface area contributed by atoms with E-state index in [2.05, 4.69) is 38.5 Å². The molecule has 0 atom stereocenters. The van der Waals surface area contributed by atoms with E-state index in [0.717, 1.165) is 8.04 Å². The third kappa shape index (κ3) is 3.27. The van der Waals surface area contributed by atoms with Gasteiger partial charge < -0.3 is 10.5 Å². The number of hydrogen-bond donors (Lipinski definition) is 1. The summed E-state index contributed by atoms with van der Waals surface area (Å²) in [4.78, 5) is 12.5. The van der Waals surface area contributed by atoms with Crippen LogP contribution in [0.2, 0.25) is 0 Å². The number of carbonyl (C=O) groups is 1. The average molecular weight is 432 g/mol. The van der Waals surface area contributed by atoms with E-state index in [1.807, 2.05) is 6.07 Å². The van der Waals surface area contributed by atoms with Gasteiger partial charge in [-0.2, -0.15) is 0 Å². The highest BCUT2D eigenvalue weighted by molar-refractivity contribution is 14.1. The number of rotatable bonds is 3. The topological polar surface area (TPSA) is 52.3 Å². The first-order chi connectivity index (χ1) is 9.01. The van der Waals surface area contributed by atoms with Gasteiger partial charge in [0.2, 0.25) is 0 Å². The molecule has 2 rings (SSSR count). The van der Waals surface area contributed by atoms with Crippen LogP contribution in [0.15, 0.2) is 40.9 Å². The Balaban J connectivity index is 2.52. The second-order valence-electron chi connectivity index (χ2n) is 3.95. The molecule has 5 heteroatoms. The van der Waals surface area contributed by atoms with E-state index in [1.54, 1.807) is 37.4 Å². The molecule has 0 saturated heterocycles. The molecule has 0 aliphatic heterocycles. The van der Waals surface area contributed by atoms with Gasteiger partial charge in [-0.05, 0) is 59.0 Å². The highest BCUT2D eigenvalue weighted by Crippen LogP contribution is 2.26. The van der Waals surface area contributed by atoms with Crippen LogP contribution >= 0.6 is 38.5 Å². The Morgan fingerprint density at radius 1 is 1.26 bits per heavy atom. The molecule has 0 unspecified atom stereocenters. The molecule has 0 aromatic heterocycles. The lowest BCUT2D eigenvalue weighted by atomic mass is 10.0. The fraction of sp³-hybridized carbons (Fsp3) is 0.0714. The summed E-state index contributed by atoms with van der Waals surface area (Å²) >= 11 is 5.50. The van der Waals surface area contributed by atoms with Crippen LogP contribution in [0.4, 0.5) is 5.69 Å². The predicted octanol–water partition coefficient (Wildman–Crippen LogP) is 3.88. The molecule has 0 bridgehead atoms. The molecule has 0 amide bonds. The van der Waals surface area contributed by atoms with E-state index >= 15 is 0 Å². The van der Waals surface area contributed by atoms with Gasteiger partial charge in [-0.15, -0.1) is 0 Å². The maximum absolute atomic E-state index is 12.5. The highest BCUT2D eigenvalue weighted by Gasteiger charge is 2.15. The van der Waals surface area contributed by atoms with E-state index in [-0.39, 0.29) is 5.78 Å². The SMILES string of the molecule is COc1ccc(I)cc1C(=O)c1cc(N)cc(Br)c1. The molecule has 0 aliphatic carbocycles. The summed E-state index contributed by atoms with van der Waals surface area (Å²) in [6.07, 6.45) is 0. The number of ketones is 1. The monoisotopic (exact) mass is 431 g/mol. The first-order valence-corrected chi connectivity index (χ1v) is 7.32.